The van der Waals surface area contributed by atoms with Crippen LogP contribution in [-0.4, -0.2) is 24.4 Å². The van der Waals surface area contributed by atoms with E-state index < -0.39 is 11.9 Å². The molecule has 0 unspecified atom stereocenters. The highest BCUT2D eigenvalue weighted by atomic mass is 16.5. The van der Waals surface area contributed by atoms with E-state index in [1.165, 1.54) is 0 Å². The fourth-order valence-corrected chi connectivity index (χ4v) is 2.32. The lowest BCUT2D eigenvalue weighted by Gasteiger charge is -2.09. The molecular weight excluding hydrogens is 332 g/mol. The molecule has 6 nitrogen and oxygen atoms in total. The first-order chi connectivity index (χ1) is 12.6. The number of rotatable bonds is 8. The Bertz CT molecular complexity index is 759. The minimum Gasteiger partial charge on any atom is -0.456 e. The van der Waals surface area contributed by atoms with Crippen molar-refractivity contribution < 1.29 is 19.1 Å². The number of esters is 1. The maximum atomic E-state index is 12.0. The van der Waals surface area contributed by atoms with E-state index in [0.29, 0.717) is 5.69 Å². The van der Waals surface area contributed by atoms with Gasteiger partial charge in [0.25, 0.3) is 5.91 Å². The molecule has 136 valence electrons. The Balaban J connectivity index is 1.69. The monoisotopic (exact) mass is 354 g/mol. The van der Waals surface area contributed by atoms with E-state index >= 15 is 0 Å². The van der Waals surface area contributed by atoms with Crippen LogP contribution in [0.2, 0.25) is 0 Å². The summed E-state index contributed by atoms with van der Waals surface area (Å²) in [5.41, 5.74) is 2.40. The maximum absolute atomic E-state index is 12.0. The zero-order valence-corrected chi connectivity index (χ0v) is 14.7. The molecule has 6 heteroatoms. The van der Waals surface area contributed by atoms with Gasteiger partial charge in [0.15, 0.2) is 6.61 Å². The predicted octanol–water partition coefficient (Wildman–Crippen LogP) is 3.15. The van der Waals surface area contributed by atoms with Gasteiger partial charge in [0.2, 0.25) is 5.91 Å². The van der Waals surface area contributed by atoms with Gasteiger partial charge in [-0.2, -0.15) is 0 Å². The Morgan fingerprint density at radius 3 is 2.27 bits per heavy atom. The topological polar surface area (TPSA) is 84.5 Å². The fraction of sp³-hybridized carbons (Fsp3) is 0.250. The van der Waals surface area contributed by atoms with E-state index in [0.717, 1.165) is 17.7 Å². The van der Waals surface area contributed by atoms with Crippen molar-refractivity contribution in [3.8, 4) is 0 Å². The first kappa shape index (κ1) is 19.2. The van der Waals surface area contributed by atoms with Gasteiger partial charge in [-0.05, 0) is 30.2 Å². The van der Waals surface area contributed by atoms with E-state index in [9.17, 15) is 14.4 Å². The SMILES string of the molecule is CCc1ccccc1NC(=O)CCC(=O)OCC(=O)Nc1ccccc1. The van der Waals surface area contributed by atoms with E-state index in [2.05, 4.69) is 10.6 Å². The number of carbonyl (C=O) groups excluding carboxylic acids is 3. The second-order valence-electron chi connectivity index (χ2n) is 5.63. The quantitative estimate of drug-likeness (QED) is 0.713. The van der Waals surface area contributed by atoms with Crippen LogP contribution in [0, 0.1) is 0 Å². The summed E-state index contributed by atoms with van der Waals surface area (Å²) in [4.78, 5) is 35.4. The van der Waals surface area contributed by atoms with Crippen LogP contribution in [0.3, 0.4) is 0 Å². The number of hydrogen-bond acceptors (Lipinski definition) is 4. The summed E-state index contributed by atoms with van der Waals surface area (Å²) < 4.78 is 4.89. The average Bonchev–Trinajstić information content (AvgIpc) is 2.66. The number of carbonyl (C=O) groups is 3. The van der Waals surface area contributed by atoms with Crippen molar-refractivity contribution >= 4 is 29.2 Å². The molecule has 0 aromatic heterocycles. The summed E-state index contributed by atoms with van der Waals surface area (Å²) >= 11 is 0. The Morgan fingerprint density at radius 1 is 0.846 bits per heavy atom. The van der Waals surface area contributed by atoms with Crippen molar-refractivity contribution in [1.82, 2.24) is 0 Å². The number of aryl methyl sites for hydroxylation is 1. The smallest absolute Gasteiger partial charge is 0.306 e. The van der Waals surface area contributed by atoms with E-state index in [-0.39, 0.29) is 25.4 Å². The Kier molecular flexibility index (Phi) is 7.36. The normalized spacial score (nSPS) is 10.0. The van der Waals surface area contributed by atoms with E-state index in [1.54, 1.807) is 24.3 Å². The highest BCUT2D eigenvalue weighted by Gasteiger charge is 2.11. The van der Waals surface area contributed by atoms with Gasteiger partial charge in [0.05, 0.1) is 6.42 Å². The molecule has 0 bridgehead atoms. The molecule has 2 aromatic rings. The molecule has 0 aliphatic heterocycles. The fourth-order valence-electron chi connectivity index (χ4n) is 2.32. The lowest BCUT2D eigenvalue weighted by atomic mass is 10.1. The van der Waals surface area contributed by atoms with Crippen molar-refractivity contribution in [1.29, 1.82) is 0 Å². The van der Waals surface area contributed by atoms with Crippen molar-refractivity contribution in [3.05, 3.63) is 60.2 Å². The third-order valence-electron chi connectivity index (χ3n) is 3.65. The molecular formula is C20H22N2O4. The second kappa shape index (κ2) is 9.98. The van der Waals surface area contributed by atoms with Crippen molar-refractivity contribution in [2.24, 2.45) is 0 Å². The molecule has 0 radical (unpaired) electrons. The molecule has 2 aromatic carbocycles. The molecule has 26 heavy (non-hydrogen) atoms. The number of para-hydroxylation sites is 2. The average molecular weight is 354 g/mol. The van der Waals surface area contributed by atoms with E-state index in [4.69, 9.17) is 4.74 Å². The molecule has 2 rings (SSSR count). The van der Waals surface area contributed by atoms with Crippen molar-refractivity contribution in [2.45, 2.75) is 26.2 Å². The number of ether oxygens (including phenoxy) is 1. The molecule has 0 atom stereocenters. The first-order valence-electron chi connectivity index (χ1n) is 8.46. The van der Waals surface area contributed by atoms with E-state index in [1.807, 2.05) is 37.3 Å². The van der Waals surface area contributed by atoms with Gasteiger partial charge in [-0.25, -0.2) is 0 Å². The van der Waals surface area contributed by atoms with Crippen LogP contribution in [0.25, 0.3) is 0 Å². The number of amides is 2. The third kappa shape index (κ3) is 6.39. The van der Waals surface area contributed by atoms with Crippen LogP contribution in [0.15, 0.2) is 54.6 Å². The van der Waals surface area contributed by atoms with Crippen molar-refractivity contribution in [2.75, 3.05) is 17.2 Å². The Labute approximate surface area is 152 Å². The lowest BCUT2D eigenvalue weighted by molar-refractivity contribution is -0.147. The van der Waals surface area contributed by atoms with Gasteiger partial charge < -0.3 is 15.4 Å². The molecule has 2 amide bonds. The number of hydrogen-bond donors (Lipinski definition) is 2. The molecule has 0 saturated carbocycles. The van der Waals surface area contributed by atoms with Gasteiger partial charge in [0, 0.05) is 17.8 Å². The third-order valence-corrected chi connectivity index (χ3v) is 3.65. The minimum atomic E-state index is -0.591. The van der Waals surface area contributed by atoms with Gasteiger partial charge >= 0.3 is 5.97 Å². The van der Waals surface area contributed by atoms with Gasteiger partial charge in [-0.1, -0.05) is 43.3 Å². The van der Waals surface area contributed by atoms with Gasteiger partial charge in [-0.3, -0.25) is 14.4 Å². The van der Waals surface area contributed by atoms with Gasteiger partial charge in [-0.15, -0.1) is 0 Å². The summed E-state index contributed by atoms with van der Waals surface area (Å²) in [7, 11) is 0. The minimum absolute atomic E-state index is 0.00279. The number of benzene rings is 2. The summed E-state index contributed by atoms with van der Waals surface area (Å²) in [5.74, 6) is -1.28. The van der Waals surface area contributed by atoms with Crippen LogP contribution < -0.4 is 10.6 Å². The molecule has 0 spiro atoms. The van der Waals surface area contributed by atoms with Gasteiger partial charge in [0.1, 0.15) is 0 Å². The molecule has 0 aliphatic rings. The second-order valence-corrected chi connectivity index (χ2v) is 5.63. The number of nitrogens with one attached hydrogen (secondary N) is 2. The Morgan fingerprint density at radius 2 is 1.54 bits per heavy atom. The largest absolute Gasteiger partial charge is 0.456 e. The molecule has 0 saturated heterocycles. The molecule has 0 aliphatic carbocycles. The maximum Gasteiger partial charge on any atom is 0.306 e. The summed E-state index contributed by atoms with van der Waals surface area (Å²) in [6, 6.07) is 16.4. The van der Waals surface area contributed by atoms with Crippen molar-refractivity contribution in [3.63, 3.8) is 0 Å². The molecule has 0 heterocycles. The highest BCUT2D eigenvalue weighted by molar-refractivity contribution is 5.94. The van der Waals surface area contributed by atoms with Crippen LogP contribution in [0.5, 0.6) is 0 Å². The molecule has 2 N–H and O–H groups in total. The summed E-state index contributed by atoms with van der Waals surface area (Å²) in [6.45, 7) is 1.62. The van der Waals surface area contributed by atoms with Crippen LogP contribution in [0.1, 0.15) is 25.3 Å². The Hall–Kier alpha value is -3.15. The summed E-state index contributed by atoms with van der Waals surface area (Å²) in [6.07, 6.45) is 0.713. The number of anilines is 2. The lowest BCUT2D eigenvalue weighted by Crippen LogP contribution is -2.21. The first-order valence-corrected chi connectivity index (χ1v) is 8.46. The predicted molar refractivity (Wildman–Crippen MR) is 99.7 cm³/mol. The van der Waals surface area contributed by atoms with Crippen LogP contribution in [-0.2, 0) is 25.5 Å². The zero-order valence-electron chi connectivity index (χ0n) is 14.7. The highest BCUT2D eigenvalue weighted by Crippen LogP contribution is 2.15. The van der Waals surface area contributed by atoms with Crippen LogP contribution >= 0.6 is 0 Å². The standard InChI is InChI=1S/C20H22N2O4/c1-2-15-8-6-7-11-17(15)22-18(23)12-13-20(25)26-14-19(24)21-16-9-4-3-5-10-16/h3-11H,2,12-14H2,1H3,(H,21,24)(H,22,23). The molecule has 0 fully saturated rings. The zero-order chi connectivity index (χ0) is 18.8. The van der Waals surface area contributed by atoms with Crippen LogP contribution in [0.4, 0.5) is 11.4 Å². The summed E-state index contributed by atoms with van der Waals surface area (Å²) in [5, 5.41) is 5.40.